The number of hydrogen-bond donors (Lipinski definition) is 1. The van der Waals surface area contributed by atoms with E-state index in [1.807, 2.05) is 48.5 Å². The lowest BCUT2D eigenvalue weighted by Gasteiger charge is -1.96. The van der Waals surface area contributed by atoms with E-state index < -0.39 is 0 Å². The molecule has 1 N–H and O–H groups in total. The van der Waals surface area contributed by atoms with Crippen molar-refractivity contribution in [3.8, 4) is 11.3 Å². The Bertz CT molecular complexity index is 673. The predicted octanol–water partition coefficient (Wildman–Crippen LogP) is 2.62. The number of pyridine rings is 1. The zero-order chi connectivity index (χ0) is 12.9. The smallest absolute Gasteiger partial charge is 0.151 e. The molecule has 0 aliphatic rings. The summed E-state index contributed by atoms with van der Waals surface area (Å²) >= 11 is 0. The molecular weight excluding hydrogens is 238 g/mol. The van der Waals surface area contributed by atoms with Gasteiger partial charge in [0.1, 0.15) is 11.4 Å². The summed E-state index contributed by atoms with van der Waals surface area (Å²) in [6, 6.07) is 15.4. The molecule has 3 rings (SSSR count). The highest BCUT2D eigenvalue weighted by Gasteiger charge is 2.07. The molecular formula is C14H11N5. The third-order valence-corrected chi connectivity index (χ3v) is 2.59. The number of nitrogens with zero attached hydrogens (tertiary/aromatic N) is 4. The molecule has 0 amide bonds. The summed E-state index contributed by atoms with van der Waals surface area (Å²) in [4.78, 5) is 8.40. The molecule has 2 heterocycles. The van der Waals surface area contributed by atoms with Crippen LogP contribution in [0, 0.1) is 0 Å². The number of aromatic amines is 1. The van der Waals surface area contributed by atoms with Gasteiger partial charge >= 0.3 is 0 Å². The van der Waals surface area contributed by atoms with Crippen molar-refractivity contribution in [3.05, 3.63) is 60.4 Å². The Hall–Kier alpha value is -2.82. The van der Waals surface area contributed by atoms with Crippen LogP contribution in [0.25, 0.3) is 11.3 Å². The average molecular weight is 249 g/mol. The lowest BCUT2D eigenvalue weighted by atomic mass is 10.1. The number of benzene rings is 1. The SMILES string of the molecule is C(=Nc1ccccn1)c1n[nH]nc1-c1ccccc1. The molecule has 0 aliphatic heterocycles. The van der Waals surface area contributed by atoms with E-state index in [1.165, 1.54) is 0 Å². The fraction of sp³-hybridized carbons (Fsp3) is 0. The fourth-order valence-electron chi connectivity index (χ4n) is 1.69. The Labute approximate surface area is 110 Å². The Morgan fingerprint density at radius 2 is 1.79 bits per heavy atom. The first kappa shape index (κ1) is 11.3. The topological polar surface area (TPSA) is 66.8 Å². The van der Waals surface area contributed by atoms with Crippen molar-refractivity contribution < 1.29 is 0 Å². The zero-order valence-electron chi connectivity index (χ0n) is 10.1. The quantitative estimate of drug-likeness (QED) is 0.725. The maximum Gasteiger partial charge on any atom is 0.151 e. The number of rotatable bonds is 3. The van der Waals surface area contributed by atoms with Gasteiger partial charge in [-0.1, -0.05) is 36.4 Å². The molecule has 19 heavy (non-hydrogen) atoms. The molecule has 0 unspecified atom stereocenters. The van der Waals surface area contributed by atoms with Crippen molar-refractivity contribution >= 4 is 12.0 Å². The van der Waals surface area contributed by atoms with Gasteiger partial charge in [0.2, 0.25) is 0 Å². The third kappa shape index (κ3) is 2.55. The summed E-state index contributed by atoms with van der Waals surface area (Å²) in [5.74, 6) is 0.643. The summed E-state index contributed by atoms with van der Waals surface area (Å²) in [7, 11) is 0. The average Bonchev–Trinajstić information content (AvgIpc) is 2.95. The van der Waals surface area contributed by atoms with Crippen molar-refractivity contribution in [2.75, 3.05) is 0 Å². The molecule has 0 atom stereocenters. The second-order valence-electron chi connectivity index (χ2n) is 3.87. The number of aromatic nitrogens is 4. The highest BCUT2D eigenvalue weighted by Crippen LogP contribution is 2.18. The molecule has 1 aromatic carbocycles. The summed E-state index contributed by atoms with van der Waals surface area (Å²) < 4.78 is 0. The molecule has 0 aliphatic carbocycles. The highest BCUT2D eigenvalue weighted by molar-refractivity contribution is 5.87. The fourth-order valence-corrected chi connectivity index (χ4v) is 1.69. The zero-order valence-corrected chi connectivity index (χ0v) is 10.1. The minimum Gasteiger partial charge on any atom is -0.237 e. The largest absolute Gasteiger partial charge is 0.237 e. The first-order valence-electron chi connectivity index (χ1n) is 5.85. The van der Waals surface area contributed by atoms with Gasteiger partial charge in [-0.2, -0.15) is 15.4 Å². The molecule has 0 saturated carbocycles. The van der Waals surface area contributed by atoms with Gasteiger partial charge in [0.15, 0.2) is 5.82 Å². The van der Waals surface area contributed by atoms with Gasteiger partial charge in [-0.3, -0.25) is 0 Å². The summed E-state index contributed by atoms with van der Waals surface area (Å²) in [5, 5.41) is 10.9. The van der Waals surface area contributed by atoms with Crippen molar-refractivity contribution in [2.24, 2.45) is 4.99 Å². The van der Waals surface area contributed by atoms with Crippen LogP contribution in [0.2, 0.25) is 0 Å². The van der Waals surface area contributed by atoms with Gasteiger partial charge in [0.05, 0.1) is 6.21 Å². The number of nitrogens with one attached hydrogen (secondary N) is 1. The second-order valence-corrected chi connectivity index (χ2v) is 3.87. The van der Waals surface area contributed by atoms with Crippen LogP contribution in [-0.2, 0) is 0 Å². The molecule has 0 bridgehead atoms. The van der Waals surface area contributed by atoms with Crippen molar-refractivity contribution in [1.29, 1.82) is 0 Å². The first-order valence-corrected chi connectivity index (χ1v) is 5.85. The van der Waals surface area contributed by atoms with E-state index >= 15 is 0 Å². The Morgan fingerprint density at radius 1 is 0.947 bits per heavy atom. The van der Waals surface area contributed by atoms with Crippen LogP contribution in [-0.4, -0.2) is 26.6 Å². The Morgan fingerprint density at radius 3 is 2.58 bits per heavy atom. The van der Waals surface area contributed by atoms with E-state index in [1.54, 1.807) is 12.4 Å². The lowest BCUT2D eigenvalue weighted by Crippen LogP contribution is -1.87. The lowest BCUT2D eigenvalue weighted by molar-refractivity contribution is 0.940. The monoisotopic (exact) mass is 249 g/mol. The molecule has 0 spiro atoms. The van der Waals surface area contributed by atoms with E-state index in [0.717, 1.165) is 11.3 Å². The summed E-state index contributed by atoms with van der Waals surface area (Å²) in [6.45, 7) is 0. The molecule has 5 heteroatoms. The predicted molar refractivity (Wildman–Crippen MR) is 73.3 cm³/mol. The van der Waals surface area contributed by atoms with Crippen LogP contribution in [0.15, 0.2) is 59.7 Å². The van der Waals surface area contributed by atoms with E-state index in [2.05, 4.69) is 25.4 Å². The first-order chi connectivity index (χ1) is 9.43. The van der Waals surface area contributed by atoms with Gasteiger partial charge in [-0.05, 0) is 12.1 Å². The molecule has 2 aromatic heterocycles. The third-order valence-electron chi connectivity index (χ3n) is 2.59. The van der Waals surface area contributed by atoms with Crippen LogP contribution >= 0.6 is 0 Å². The number of hydrogen-bond acceptors (Lipinski definition) is 4. The van der Waals surface area contributed by atoms with Gasteiger partial charge in [-0.25, -0.2) is 9.98 Å². The Kier molecular flexibility index (Phi) is 3.10. The van der Waals surface area contributed by atoms with Crippen LogP contribution in [0.1, 0.15) is 5.69 Å². The van der Waals surface area contributed by atoms with Gasteiger partial charge in [-0.15, -0.1) is 0 Å². The van der Waals surface area contributed by atoms with E-state index in [4.69, 9.17) is 0 Å². The van der Waals surface area contributed by atoms with Gasteiger partial charge in [0, 0.05) is 11.8 Å². The van der Waals surface area contributed by atoms with E-state index in [-0.39, 0.29) is 0 Å². The summed E-state index contributed by atoms with van der Waals surface area (Å²) in [6.07, 6.45) is 3.36. The number of H-pyrrole nitrogens is 1. The maximum absolute atomic E-state index is 4.28. The molecule has 92 valence electrons. The molecule has 5 nitrogen and oxygen atoms in total. The van der Waals surface area contributed by atoms with Gasteiger partial charge < -0.3 is 0 Å². The standard InChI is InChI=1S/C14H11N5/c1-2-6-11(7-3-1)14-12(17-19-18-14)10-16-13-8-4-5-9-15-13/h1-10H,(H,17,18,19). The minimum atomic E-state index is 0.643. The minimum absolute atomic E-state index is 0.643. The molecule has 0 fully saturated rings. The van der Waals surface area contributed by atoms with Crippen molar-refractivity contribution in [3.63, 3.8) is 0 Å². The van der Waals surface area contributed by atoms with Gasteiger partial charge in [0.25, 0.3) is 0 Å². The van der Waals surface area contributed by atoms with Crippen LogP contribution < -0.4 is 0 Å². The second kappa shape index (κ2) is 5.22. The highest BCUT2D eigenvalue weighted by atomic mass is 15.3. The van der Waals surface area contributed by atoms with Crippen LogP contribution in [0.5, 0.6) is 0 Å². The van der Waals surface area contributed by atoms with Crippen molar-refractivity contribution in [1.82, 2.24) is 20.4 Å². The van der Waals surface area contributed by atoms with Crippen LogP contribution in [0.3, 0.4) is 0 Å². The number of aliphatic imine (C=N–C) groups is 1. The Balaban J connectivity index is 1.91. The molecule has 0 saturated heterocycles. The van der Waals surface area contributed by atoms with E-state index in [9.17, 15) is 0 Å². The maximum atomic E-state index is 4.28. The van der Waals surface area contributed by atoms with Crippen molar-refractivity contribution in [2.45, 2.75) is 0 Å². The normalized spacial score (nSPS) is 10.9. The summed E-state index contributed by atoms with van der Waals surface area (Å²) in [5.41, 5.74) is 2.47. The molecule has 3 aromatic rings. The van der Waals surface area contributed by atoms with E-state index in [0.29, 0.717) is 11.5 Å². The molecule has 0 radical (unpaired) electrons. The van der Waals surface area contributed by atoms with Crippen LogP contribution in [0.4, 0.5) is 5.82 Å².